The number of nitrogens with one attached hydrogen (secondary N) is 1. The first-order chi connectivity index (χ1) is 8.76. The van der Waals surface area contributed by atoms with Crippen LogP contribution in [0.4, 0.5) is 10.5 Å². The molecular formula is C13H18N2O3. The molecule has 5 nitrogen and oxygen atoms in total. The van der Waals surface area contributed by atoms with Gasteiger partial charge in [0.1, 0.15) is 0 Å². The number of ether oxygens (including phenoxy) is 2. The zero-order valence-electron chi connectivity index (χ0n) is 10.7. The van der Waals surface area contributed by atoms with Gasteiger partial charge in [-0.25, -0.2) is 4.79 Å². The van der Waals surface area contributed by atoms with Gasteiger partial charge in [0, 0.05) is 24.8 Å². The Morgan fingerprint density at radius 1 is 1.22 bits per heavy atom. The number of hydrogen-bond acceptors (Lipinski definition) is 3. The molecule has 1 aliphatic rings. The SMILES string of the molecule is CCOc1ccc(N2CCNC2=O)cc1OCC. The summed E-state index contributed by atoms with van der Waals surface area (Å²) in [7, 11) is 0. The van der Waals surface area contributed by atoms with Crippen LogP contribution >= 0.6 is 0 Å². The topological polar surface area (TPSA) is 50.8 Å². The lowest BCUT2D eigenvalue weighted by Gasteiger charge is -2.17. The molecule has 0 unspecified atom stereocenters. The highest BCUT2D eigenvalue weighted by atomic mass is 16.5. The van der Waals surface area contributed by atoms with Crippen molar-refractivity contribution in [3.8, 4) is 11.5 Å². The van der Waals surface area contributed by atoms with Gasteiger partial charge in [-0.1, -0.05) is 0 Å². The number of amides is 2. The largest absolute Gasteiger partial charge is 0.490 e. The minimum absolute atomic E-state index is 0.0680. The van der Waals surface area contributed by atoms with E-state index in [9.17, 15) is 4.79 Å². The van der Waals surface area contributed by atoms with E-state index in [4.69, 9.17) is 9.47 Å². The molecule has 2 amide bonds. The van der Waals surface area contributed by atoms with Crippen molar-refractivity contribution in [3.63, 3.8) is 0 Å². The summed E-state index contributed by atoms with van der Waals surface area (Å²) in [6.07, 6.45) is 0. The van der Waals surface area contributed by atoms with Crippen molar-refractivity contribution in [2.24, 2.45) is 0 Å². The number of carbonyl (C=O) groups is 1. The van der Waals surface area contributed by atoms with E-state index in [0.29, 0.717) is 37.8 Å². The zero-order chi connectivity index (χ0) is 13.0. The monoisotopic (exact) mass is 250 g/mol. The lowest BCUT2D eigenvalue weighted by atomic mass is 10.2. The average molecular weight is 250 g/mol. The van der Waals surface area contributed by atoms with E-state index in [1.807, 2.05) is 32.0 Å². The third-order valence-electron chi connectivity index (χ3n) is 2.70. The smallest absolute Gasteiger partial charge is 0.321 e. The maximum Gasteiger partial charge on any atom is 0.321 e. The molecule has 0 saturated carbocycles. The number of hydrogen-bond donors (Lipinski definition) is 1. The molecule has 1 aliphatic heterocycles. The lowest BCUT2D eigenvalue weighted by Crippen LogP contribution is -2.27. The number of urea groups is 1. The fourth-order valence-electron chi connectivity index (χ4n) is 1.93. The number of nitrogens with zero attached hydrogens (tertiary/aromatic N) is 1. The van der Waals surface area contributed by atoms with Gasteiger partial charge in [-0.2, -0.15) is 0 Å². The van der Waals surface area contributed by atoms with Crippen LogP contribution in [0.25, 0.3) is 0 Å². The van der Waals surface area contributed by atoms with Crippen LogP contribution in [0, 0.1) is 0 Å². The molecule has 0 bridgehead atoms. The zero-order valence-corrected chi connectivity index (χ0v) is 10.7. The van der Waals surface area contributed by atoms with Crippen molar-refractivity contribution in [1.82, 2.24) is 5.32 Å². The van der Waals surface area contributed by atoms with E-state index >= 15 is 0 Å². The Hall–Kier alpha value is -1.91. The maximum absolute atomic E-state index is 11.6. The third-order valence-corrected chi connectivity index (χ3v) is 2.70. The number of carbonyl (C=O) groups excluding carboxylic acids is 1. The van der Waals surface area contributed by atoms with Crippen molar-refractivity contribution in [2.75, 3.05) is 31.2 Å². The maximum atomic E-state index is 11.6. The summed E-state index contributed by atoms with van der Waals surface area (Å²) in [5, 5.41) is 2.77. The summed E-state index contributed by atoms with van der Waals surface area (Å²) in [4.78, 5) is 13.3. The molecule has 18 heavy (non-hydrogen) atoms. The molecule has 1 N–H and O–H groups in total. The van der Waals surface area contributed by atoms with Crippen molar-refractivity contribution < 1.29 is 14.3 Å². The normalized spacial score (nSPS) is 14.6. The molecule has 1 saturated heterocycles. The highest BCUT2D eigenvalue weighted by Gasteiger charge is 2.22. The van der Waals surface area contributed by atoms with Gasteiger partial charge in [-0.15, -0.1) is 0 Å². The summed E-state index contributed by atoms with van der Waals surface area (Å²) in [6.45, 7) is 6.36. The number of anilines is 1. The molecule has 0 atom stereocenters. The molecule has 5 heteroatoms. The minimum atomic E-state index is -0.0680. The molecule has 0 aliphatic carbocycles. The summed E-state index contributed by atoms with van der Waals surface area (Å²) >= 11 is 0. The predicted octanol–water partition coefficient (Wildman–Crippen LogP) is 2.01. The fourth-order valence-corrected chi connectivity index (χ4v) is 1.93. The minimum Gasteiger partial charge on any atom is -0.490 e. The number of rotatable bonds is 5. The Balaban J connectivity index is 2.27. The second-order valence-corrected chi connectivity index (χ2v) is 3.88. The van der Waals surface area contributed by atoms with Crippen molar-refractivity contribution in [1.29, 1.82) is 0 Å². The van der Waals surface area contributed by atoms with Gasteiger partial charge in [0.15, 0.2) is 11.5 Å². The van der Waals surface area contributed by atoms with Crippen LogP contribution in [0.1, 0.15) is 13.8 Å². The molecule has 1 heterocycles. The molecule has 0 radical (unpaired) electrons. The van der Waals surface area contributed by atoms with Crippen LogP contribution in [0.15, 0.2) is 18.2 Å². The molecule has 2 rings (SSSR count). The van der Waals surface area contributed by atoms with Gasteiger partial charge >= 0.3 is 6.03 Å². The second kappa shape index (κ2) is 5.62. The molecular weight excluding hydrogens is 232 g/mol. The van der Waals surface area contributed by atoms with Crippen molar-refractivity contribution in [3.05, 3.63) is 18.2 Å². The highest BCUT2D eigenvalue weighted by Crippen LogP contribution is 2.32. The molecule has 98 valence electrons. The van der Waals surface area contributed by atoms with Gasteiger partial charge in [0.05, 0.1) is 13.2 Å². The average Bonchev–Trinajstić information content (AvgIpc) is 2.78. The quantitative estimate of drug-likeness (QED) is 0.869. The predicted molar refractivity (Wildman–Crippen MR) is 69.5 cm³/mol. The Kier molecular flexibility index (Phi) is 3.92. The van der Waals surface area contributed by atoms with Gasteiger partial charge < -0.3 is 14.8 Å². The van der Waals surface area contributed by atoms with Gasteiger partial charge in [0.25, 0.3) is 0 Å². The molecule has 0 aromatic heterocycles. The molecule has 1 aromatic rings. The standard InChI is InChI=1S/C13H18N2O3/c1-3-17-11-6-5-10(9-12(11)18-4-2)15-8-7-14-13(15)16/h5-6,9H,3-4,7-8H2,1-2H3,(H,14,16). The van der Waals surface area contributed by atoms with E-state index in [-0.39, 0.29) is 6.03 Å². The summed E-state index contributed by atoms with van der Waals surface area (Å²) in [5.41, 5.74) is 0.830. The van der Waals surface area contributed by atoms with E-state index in [2.05, 4.69) is 5.32 Å². The van der Waals surface area contributed by atoms with E-state index in [1.165, 1.54) is 0 Å². The fraction of sp³-hybridized carbons (Fsp3) is 0.462. The Labute approximate surface area is 107 Å². The molecule has 1 aromatic carbocycles. The Morgan fingerprint density at radius 3 is 2.56 bits per heavy atom. The van der Waals surface area contributed by atoms with E-state index < -0.39 is 0 Å². The Bertz CT molecular complexity index is 434. The van der Waals surface area contributed by atoms with Crippen molar-refractivity contribution in [2.45, 2.75) is 13.8 Å². The first-order valence-corrected chi connectivity index (χ1v) is 6.21. The summed E-state index contributed by atoms with van der Waals surface area (Å²) in [6, 6.07) is 5.49. The Morgan fingerprint density at radius 2 is 1.94 bits per heavy atom. The van der Waals surface area contributed by atoms with Crippen LogP contribution in [0.5, 0.6) is 11.5 Å². The van der Waals surface area contributed by atoms with E-state index in [1.54, 1.807) is 4.90 Å². The second-order valence-electron chi connectivity index (χ2n) is 3.88. The van der Waals surface area contributed by atoms with Crippen LogP contribution in [-0.2, 0) is 0 Å². The van der Waals surface area contributed by atoms with E-state index in [0.717, 1.165) is 5.69 Å². The first-order valence-electron chi connectivity index (χ1n) is 6.21. The molecule has 1 fully saturated rings. The van der Waals surface area contributed by atoms with Crippen LogP contribution in [-0.4, -0.2) is 32.3 Å². The van der Waals surface area contributed by atoms with Crippen molar-refractivity contribution >= 4 is 11.7 Å². The lowest BCUT2D eigenvalue weighted by molar-refractivity contribution is 0.252. The summed E-state index contributed by atoms with van der Waals surface area (Å²) in [5.74, 6) is 1.39. The van der Waals surface area contributed by atoms with Gasteiger partial charge in [-0.3, -0.25) is 4.90 Å². The highest BCUT2D eigenvalue weighted by molar-refractivity contribution is 5.94. The van der Waals surface area contributed by atoms with Crippen LogP contribution in [0.2, 0.25) is 0 Å². The van der Waals surface area contributed by atoms with Crippen LogP contribution in [0.3, 0.4) is 0 Å². The molecule has 0 spiro atoms. The third kappa shape index (κ3) is 2.50. The first kappa shape index (κ1) is 12.5. The van der Waals surface area contributed by atoms with Gasteiger partial charge in [-0.05, 0) is 26.0 Å². The number of benzene rings is 1. The van der Waals surface area contributed by atoms with Crippen LogP contribution < -0.4 is 19.7 Å². The van der Waals surface area contributed by atoms with Gasteiger partial charge in [0.2, 0.25) is 0 Å². The summed E-state index contributed by atoms with van der Waals surface area (Å²) < 4.78 is 11.0.